The van der Waals surface area contributed by atoms with Gasteiger partial charge in [0.1, 0.15) is 11.3 Å². The number of benzene rings is 1. The molecule has 3 aromatic rings. The summed E-state index contributed by atoms with van der Waals surface area (Å²) in [6.07, 6.45) is 3.32. The van der Waals surface area contributed by atoms with Gasteiger partial charge in [0.05, 0.1) is 18.5 Å². The fourth-order valence-corrected chi connectivity index (χ4v) is 2.68. The van der Waals surface area contributed by atoms with Gasteiger partial charge in [-0.2, -0.15) is 0 Å². The van der Waals surface area contributed by atoms with Crippen molar-refractivity contribution in [1.29, 1.82) is 5.41 Å². The van der Waals surface area contributed by atoms with E-state index in [0.717, 1.165) is 11.1 Å². The molecule has 2 aromatic heterocycles. The summed E-state index contributed by atoms with van der Waals surface area (Å²) in [5.41, 5.74) is 4.28. The van der Waals surface area contributed by atoms with E-state index in [1.165, 1.54) is 6.20 Å². The Morgan fingerprint density at radius 2 is 2.08 bits per heavy atom. The number of nitrogens with one attached hydrogen (secondary N) is 2. The second-order valence-electron chi connectivity index (χ2n) is 5.65. The van der Waals surface area contributed by atoms with Gasteiger partial charge in [0, 0.05) is 17.4 Å². The van der Waals surface area contributed by atoms with Crippen LogP contribution >= 0.6 is 0 Å². The normalized spacial score (nSPS) is 10.8. The second kappa shape index (κ2) is 6.25. The molecule has 0 aliphatic carbocycles. The Morgan fingerprint density at radius 3 is 2.83 bits per heavy atom. The van der Waals surface area contributed by atoms with Crippen molar-refractivity contribution in [3.05, 3.63) is 65.1 Å². The van der Waals surface area contributed by atoms with E-state index in [2.05, 4.69) is 10.3 Å². The number of carbonyl (C=O) groups excluding carboxylic acids is 1. The Balaban J connectivity index is 1.96. The summed E-state index contributed by atoms with van der Waals surface area (Å²) in [5.74, 6) is -0.276. The van der Waals surface area contributed by atoms with Crippen LogP contribution in [0.4, 0.5) is 5.69 Å². The minimum atomic E-state index is -0.343. The number of aryl methyl sites for hydroxylation is 2. The quantitative estimate of drug-likeness (QED) is 0.645. The zero-order chi connectivity index (χ0) is 17.3. The fourth-order valence-electron chi connectivity index (χ4n) is 2.68. The number of carbonyl (C=O) groups is 1. The largest absolute Gasteiger partial charge is 0.390 e. The second-order valence-corrected chi connectivity index (χ2v) is 5.65. The molecule has 122 valence electrons. The molecular weight excluding hydrogens is 304 g/mol. The van der Waals surface area contributed by atoms with Gasteiger partial charge in [0.2, 0.25) is 0 Å². The first-order chi connectivity index (χ1) is 11.5. The van der Waals surface area contributed by atoms with Crippen LogP contribution in [0.2, 0.25) is 0 Å². The van der Waals surface area contributed by atoms with Crippen LogP contribution < -0.4 is 5.32 Å². The number of anilines is 1. The fraction of sp³-hybridized carbons (Fsp3) is 0.167. The zero-order valence-electron chi connectivity index (χ0n) is 13.5. The molecule has 0 saturated carbocycles. The van der Waals surface area contributed by atoms with Gasteiger partial charge in [-0.25, -0.2) is 4.98 Å². The SMILES string of the molecule is Cc1cc(C)c(C(=N)CO)cc1NC(=O)c1cnc2ccccn12. The molecule has 3 N–H and O–H groups in total. The first kappa shape index (κ1) is 15.9. The van der Waals surface area contributed by atoms with E-state index in [-0.39, 0.29) is 18.2 Å². The minimum Gasteiger partial charge on any atom is -0.390 e. The van der Waals surface area contributed by atoms with Crippen LogP contribution in [0, 0.1) is 19.3 Å². The van der Waals surface area contributed by atoms with Gasteiger partial charge in [-0.3, -0.25) is 9.20 Å². The third-order valence-corrected chi connectivity index (χ3v) is 3.95. The molecule has 3 rings (SSSR count). The van der Waals surface area contributed by atoms with E-state index in [0.29, 0.717) is 22.6 Å². The molecule has 6 heteroatoms. The van der Waals surface area contributed by atoms with Gasteiger partial charge in [-0.1, -0.05) is 12.1 Å². The van der Waals surface area contributed by atoms with Crippen molar-refractivity contribution >= 4 is 23.0 Å². The third kappa shape index (κ3) is 2.79. The van der Waals surface area contributed by atoms with Crippen molar-refractivity contribution < 1.29 is 9.90 Å². The first-order valence-corrected chi connectivity index (χ1v) is 7.54. The first-order valence-electron chi connectivity index (χ1n) is 7.54. The average Bonchev–Trinajstić information content (AvgIpc) is 3.00. The van der Waals surface area contributed by atoms with Crippen LogP contribution in [-0.2, 0) is 0 Å². The van der Waals surface area contributed by atoms with Gasteiger partial charge >= 0.3 is 0 Å². The van der Waals surface area contributed by atoms with Crippen molar-refractivity contribution in [3.63, 3.8) is 0 Å². The molecule has 6 nitrogen and oxygen atoms in total. The molecule has 0 aliphatic rings. The molecule has 0 spiro atoms. The summed E-state index contributed by atoms with van der Waals surface area (Å²) in [6, 6.07) is 9.15. The number of fused-ring (bicyclic) bond motifs is 1. The molecule has 24 heavy (non-hydrogen) atoms. The lowest BCUT2D eigenvalue weighted by atomic mass is 10.00. The highest BCUT2D eigenvalue weighted by molar-refractivity contribution is 6.06. The Bertz CT molecular complexity index is 943. The summed E-state index contributed by atoms with van der Waals surface area (Å²) in [7, 11) is 0. The number of hydrogen-bond donors (Lipinski definition) is 3. The summed E-state index contributed by atoms with van der Waals surface area (Å²) in [4.78, 5) is 16.8. The lowest BCUT2D eigenvalue weighted by Gasteiger charge is -2.13. The van der Waals surface area contributed by atoms with Crippen molar-refractivity contribution in [3.8, 4) is 0 Å². The maximum absolute atomic E-state index is 12.6. The van der Waals surface area contributed by atoms with Crippen molar-refractivity contribution in [2.45, 2.75) is 13.8 Å². The number of aliphatic hydroxyl groups excluding tert-OH is 1. The molecule has 0 unspecified atom stereocenters. The number of imidazole rings is 1. The standard InChI is InChI=1S/C18H18N4O2/c1-11-7-12(2)15(8-13(11)14(19)10-23)21-18(24)16-9-20-17-5-3-4-6-22(16)17/h3-9,19,23H,10H2,1-2H3,(H,21,24). The molecule has 0 saturated heterocycles. The lowest BCUT2D eigenvalue weighted by molar-refractivity contribution is 0.102. The van der Waals surface area contributed by atoms with Crippen LogP contribution in [0.3, 0.4) is 0 Å². The molecule has 0 bridgehead atoms. The van der Waals surface area contributed by atoms with Crippen LogP contribution in [0.5, 0.6) is 0 Å². The van der Waals surface area contributed by atoms with Gasteiger partial charge in [-0.05, 0) is 43.2 Å². The van der Waals surface area contributed by atoms with Crippen LogP contribution in [-0.4, -0.2) is 32.7 Å². The summed E-state index contributed by atoms with van der Waals surface area (Å²) >= 11 is 0. The topological polar surface area (TPSA) is 90.5 Å². The molecule has 0 fully saturated rings. The van der Waals surface area contributed by atoms with Gasteiger partial charge < -0.3 is 15.8 Å². The Kier molecular flexibility index (Phi) is 4.14. The number of aromatic nitrogens is 2. The molecular formula is C18H18N4O2. The van der Waals surface area contributed by atoms with Crippen LogP contribution in [0.15, 0.2) is 42.7 Å². The highest BCUT2D eigenvalue weighted by Gasteiger charge is 2.15. The molecule has 0 atom stereocenters. The number of rotatable bonds is 4. The minimum absolute atomic E-state index is 0.123. The molecule has 2 heterocycles. The number of amides is 1. The summed E-state index contributed by atoms with van der Waals surface area (Å²) in [5, 5.41) is 19.9. The number of pyridine rings is 1. The predicted octanol–water partition coefficient (Wildman–Crippen LogP) is 2.56. The smallest absolute Gasteiger partial charge is 0.274 e. The monoisotopic (exact) mass is 322 g/mol. The van der Waals surface area contributed by atoms with Crippen molar-refractivity contribution in [1.82, 2.24) is 9.38 Å². The highest BCUT2D eigenvalue weighted by Crippen LogP contribution is 2.22. The van der Waals surface area contributed by atoms with Crippen molar-refractivity contribution in [2.24, 2.45) is 0 Å². The zero-order valence-corrected chi connectivity index (χ0v) is 13.5. The van der Waals surface area contributed by atoms with Gasteiger partial charge in [-0.15, -0.1) is 0 Å². The Morgan fingerprint density at radius 1 is 1.29 bits per heavy atom. The number of aliphatic hydroxyl groups is 1. The van der Waals surface area contributed by atoms with E-state index >= 15 is 0 Å². The van der Waals surface area contributed by atoms with E-state index in [4.69, 9.17) is 5.41 Å². The average molecular weight is 322 g/mol. The Labute approximate surface area is 139 Å². The molecule has 0 aliphatic heterocycles. The van der Waals surface area contributed by atoms with E-state index in [9.17, 15) is 9.90 Å². The number of hydrogen-bond acceptors (Lipinski definition) is 4. The number of nitrogens with zero attached hydrogens (tertiary/aromatic N) is 2. The van der Waals surface area contributed by atoms with Crippen LogP contribution in [0.25, 0.3) is 5.65 Å². The third-order valence-electron chi connectivity index (χ3n) is 3.95. The summed E-state index contributed by atoms with van der Waals surface area (Å²) in [6.45, 7) is 3.43. The van der Waals surface area contributed by atoms with E-state index in [1.54, 1.807) is 16.7 Å². The summed E-state index contributed by atoms with van der Waals surface area (Å²) < 4.78 is 1.72. The lowest BCUT2D eigenvalue weighted by Crippen LogP contribution is -2.16. The van der Waals surface area contributed by atoms with Gasteiger partial charge in [0.25, 0.3) is 5.91 Å². The predicted molar refractivity (Wildman–Crippen MR) is 93.0 cm³/mol. The van der Waals surface area contributed by atoms with Crippen LogP contribution in [0.1, 0.15) is 27.2 Å². The molecule has 1 amide bonds. The van der Waals surface area contributed by atoms with E-state index < -0.39 is 0 Å². The maximum atomic E-state index is 12.6. The van der Waals surface area contributed by atoms with E-state index in [1.807, 2.05) is 38.1 Å². The Hall–Kier alpha value is -2.99. The molecule has 1 aromatic carbocycles. The van der Waals surface area contributed by atoms with Crippen molar-refractivity contribution in [2.75, 3.05) is 11.9 Å². The molecule has 0 radical (unpaired) electrons. The van der Waals surface area contributed by atoms with Gasteiger partial charge in [0.15, 0.2) is 0 Å². The highest BCUT2D eigenvalue weighted by atomic mass is 16.3. The maximum Gasteiger partial charge on any atom is 0.274 e.